The van der Waals surface area contributed by atoms with E-state index in [-0.39, 0.29) is 29.0 Å². The lowest BCUT2D eigenvalue weighted by molar-refractivity contribution is -0.174. The second-order valence-corrected chi connectivity index (χ2v) is 11.6. The molecule has 26 heavy (non-hydrogen) atoms. The van der Waals surface area contributed by atoms with Crippen LogP contribution in [-0.4, -0.2) is 18.9 Å². The average molecular weight is 363 g/mol. The molecule has 0 N–H and O–H groups in total. The third kappa shape index (κ3) is 3.12. The van der Waals surface area contributed by atoms with Gasteiger partial charge in [-0.1, -0.05) is 47.5 Å². The molecule has 3 heteroatoms. The van der Waals surface area contributed by atoms with Crippen molar-refractivity contribution in [1.82, 2.24) is 0 Å². The molecule has 0 heterocycles. The standard InChI is InChI=1S/C23H38O3/c1-21(2,3)12-23(13-22(23,4)5)20(24)26-14-25-19-11-15-10-18(19)17-9-7-6-8-16(15)17/h15-19H,6-14H2,1-5H3. The van der Waals surface area contributed by atoms with Gasteiger partial charge in [0, 0.05) is 0 Å². The Morgan fingerprint density at radius 3 is 2.31 bits per heavy atom. The molecule has 0 aromatic heterocycles. The zero-order chi connectivity index (χ0) is 18.7. The minimum absolute atomic E-state index is 0.0314. The number of ether oxygens (including phenoxy) is 2. The van der Waals surface area contributed by atoms with Gasteiger partial charge in [0.1, 0.15) is 0 Å². The summed E-state index contributed by atoms with van der Waals surface area (Å²) in [6.45, 7) is 11.2. The van der Waals surface area contributed by atoms with Crippen molar-refractivity contribution in [3.05, 3.63) is 0 Å². The van der Waals surface area contributed by atoms with Crippen LogP contribution in [0, 0.1) is 39.9 Å². The Morgan fingerprint density at radius 1 is 1.04 bits per heavy atom. The third-order valence-corrected chi connectivity index (χ3v) is 8.23. The zero-order valence-electron chi connectivity index (χ0n) is 17.5. The van der Waals surface area contributed by atoms with Crippen LogP contribution in [-0.2, 0) is 14.3 Å². The topological polar surface area (TPSA) is 35.5 Å². The zero-order valence-corrected chi connectivity index (χ0v) is 17.5. The molecule has 0 saturated heterocycles. The van der Waals surface area contributed by atoms with Gasteiger partial charge in [-0.3, -0.25) is 4.79 Å². The molecule has 2 bridgehead atoms. The lowest BCUT2D eigenvalue weighted by atomic mass is 9.70. The lowest BCUT2D eigenvalue weighted by Crippen LogP contribution is -2.36. The van der Waals surface area contributed by atoms with Gasteiger partial charge in [0.2, 0.25) is 0 Å². The molecule has 4 fully saturated rings. The molecule has 4 saturated carbocycles. The molecule has 0 radical (unpaired) electrons. The van der Waals surface area contributed by atoms with Gasteiger partial charge in [0.15, 0.2) is 6.79 Å². The van der Waals surface area contributed by atoms with Crippen molar-refractivity contribution in [3.63, 3.8) is 0 Å². The summed E-state index contributed by atoms with van der Waals surface area (Å²) in [6.07, 6.45) is 10.4. The highest BCUT2D eigenvalue weighted by Gasteiger charge is 2.68. The number of esters is 1. The normalized spacial score (nSPS) is 43.2. The van der Waals surface area contributed by atoms with Crippen LogP contribution >= 0.6 is 0 Å². The van der Waals surface area contributed by atoms with Crippen LogP contribution in [0.15, 0.2) is 0 Å². The molecule has 0 aromatic carbocycles. The van der Waals surface area contributed by atoms with Crippen molar-refractivity contribution < 1.29 is 14.3 Å². The fraction of sp³-hybridized carbons (Fsp3) is 0.957. The number of carbonyl (C=O) groups is 1. The summed E-state index contributed by atoms with van der Waals surface area (Å²) in [5.41, 5.74) is -0.120. The minimum Gasteiger partial charge on any atom is -0.438 e. The van der Waals surface area contributed by atoms with Gasteiger partial charge in [-0.2, -0.15) is 0 Å². The molecule has 0 amide bonds. The second kappa shape index (κ2) is 6.22. The molecule has 4 aliphatic carbocycles. The first kappa shape index (κ1) is 18.8. The smallest absolute Gasteiger partial charge is 0.314 e. The van der Waals surface area contributed by atoms with E-state index in [2.05, 4.69) is 34.6 Å². The lowest BCUT2D eigenvalue weighted by Gasteiger charge is -2.38. The van der Waals surface area contributed by atoms with Crippen LogP contribution in [0.25, 0.3) is 0 Å². The van der Waals surface area contributed by atoms with Crippen molar-refractivity contribution >= 4 is 5.97 Å². The van der Waals surface area contributed by atoms with E-state index in [0.29, 0.717) is 6.10 Å². The Bertz CT molecular complexity index is 560. The highest BCUT2D eigenvalue weighted by molar-refractivity contribution is 5.81. The summed E-state index contributed by atoms with van der Waals surface area (Å²) in [5, 5.41) is 0. The van der Waals surface area contributed by atoms with Crippen molar-refractivity contribution in [2.45, 2.75) is 92.1 Å². The molecule has 148 valence electrons. The number of hydrogen-bond acceptors (Lipinski definition) is 3. The van der Waals surface area contributed by atoms with Gasteiger partial charge in [-0.15, -0.1) is 0 Å². The molecular formula is C23H38O3. The van der Waals surface area contributed by atoms with Gasteiger partial charge in [0.05, 0.1) is 11.5 Å². The Kier molecular flexibility index (Phi) is 4.49. The summed E-state index contributed by atoms with van der Waals surface area (Å²) in [4.78, 5) is 12.9. The van der Waals surface area contributed by atoms with E-state index in [1.807, 2.05) is 0 Å². The highest BCUT2D eigenvalue weighted by atomic mass is 16.7. The first-order valence-electron chi connectivity index (χ1n) is 10.9. The quantitative estimate of drug-likeness (QED) is 0.474. The summed E-state index contributed by atoms with van der Waals surface area (Å²) >= 11 is 0. The van der Waals surface area contributed by atoms with Gasteiger partial charge >= 0.3 is 5.97 Å². The van der Waals surface area contributed by atoms with Crippen LogP contribution in [0.5, 0.6) is 0 Å². The maximum atomic E-state index is 12.9. The summed E-state index contributed by atoms with van der Waals surface area (Å²) < 4.78 is 11.8. The predicted molar refractivity (Wildman–Crippen MR) is 102 cm³/mol. The van der Waals surface area contributed by atoms with Crippen LogP contribution in [0.4, 0.5) is 0 Å². The second-order valence-electron chi connectivity index (χ2n) is 11.6. The van der Waals surface area contributed by atoms with Gasteiger partial charge in [-0.25, -0.2) is 0 Å². The molecule has 6 unspecified atom stereocenters. The maximum absolute atomic E-state index is 12.9. The predicted octanol–water partition coefficient (Wildman–Crippen LogP) is 5.57. The fourth-order valence-corrected chi connectivity index (χ4v) is 7.02. The van der Waals surface area contributed by atoms with E-state index >= 15 is 0 Å². The number of fused-ring (bicyclic) bond motifs is 5. The molecule has 6 atom stereocenters. The van der Waals surface area contributed by atoms with E-state index in [1.54, 1.807) is 0 Å². The molecule has 4 rings (SSSR count). The van der Waals surface area contributed by atoms with Gasteiger partial charge in [0.25, 0.3) is 0 Å². The Morgan fingerprint density at radius 2 is 1.69 bits per heavy atom. The molecule has 0 aromatic rings. The van der Waals surface area contributed by atoms with E-state index in [1.165, 1.54) is 38.5 Å². The van der Waals surface area contributed by atoms with E-state index in [0.717, 1.165) is 36.5 Å². The Balaban J connectivity index is 1.29. The average Bonchev–Trinajstić information content (AvgIpc) is 2.90. The molecule has 0 aliphatic heterocycles. The molecular weight excluding hydrogens is 324 g/mol. The van der Waals surface area contributed by atoms with Crippen molar-refractivity contribution in [3.8, 4) is 0 Å². The third-order valence-electron chi connectivity index (χ3n) is 8.23. The first-order chi connectivity index (χ1) is 12.1. The van der Waals surface area contributed by atoms with Crippen LogP contribution in [0.3, 0.4) is 0 Å². The SMILES string of the molecule is CC(C)(C)CC1(C(=O)OCOC2CC3CC2C2CCCCC32)CC1(C)C. The number of carbonyl (C=O) groups excluding carboxylic acids is 1. The van der Waals surface area contributed by atoms with Gasteiger partial charge < -0.3 is 9.47 Å². The van der Waals surface area contributed by atoms with Crippen molar-refractivity contribution in [1.29, 1.82) is 0 Å². The Hall–Kier alpha value is -0.570. The molecule has 0 spiro atoms. The number of rotatable bonds is 5. The van der Waals surface area contributed by atoms with E-state index < -0.39 is 0 Å². The minimum atomic E-state index is -0.308. The molecule has 4 aliphatic rings. The highest BCUT2D eigenvalue weighted by Crippen LogP contribution is 2.68. The van der Waals surface area contributed by atoms with Gasteiger partial charge in [-0.05, 0) is 73.0 Å². The molecule has 3 nitrogen and oxygen atoms in total. The summed E-state index contributed by atoms with van der Waals surface area (Å²) in [5.74, 6) is 3.43. The first-order valence-corrected chi connectivity index (χ1v) is 10.9. The van der Waals surface area contributed by atoms with Crippen molar-refractivity contribution in [2.24, 2.45) is 39.9 Å². The maximum Gasteiger partial charge on any atom is 0.314 e. The summed E-state index contributed by atoms with van der Waals surface area (Å²) in [7, 11) is 0. The van der Waals surface area contributed by atoms with E-state index in [9.17, 15) is 4.79 Å². The van der Waals surface area contributed by atoms with E-state index in [4.69, 9.17) is 9.47 Å². The van der Waals surface area contributed by atoms with Crippen LogP contribution in [0.2, 0.25) is 0 Å². The van der Waals surface area contributed by atoms with Crippen molar-refractivity contribution in [2.75, 3.05) is 6.79 Å². The summed E-state index contributed by atoms with van der Waals surface area (Å²) in [6, 6.07) is 0. The fourth-order valence-electron chi connectivity index (χ4n) is 7.02. The largest absolute Gasteiger partial charge is 0.438 e. The number of hydrogen-bond donors (Lipinski definition) is 0. The monoisotopic (exact) mass is 362 g/mol. The van der Waals surface area contributed by atoms with Crippen LogP contribution in [0.1, 0.15) is 86.0 Å². The Labute approximate surface area is 159 Å². The van der Waals surface area contributed by atoms with Crippen LogP contribution < -0.4 is 0 Å².